The smallest absolute Gasteiger partial charge is 0.302 e. The third-order valence-electron chi connectivity index (χ3n) is 6.52. The van der Waals surface area contributed by atoms with E-state index in [0.29, 0.717) is 30.2 Å². The van der Waals surface area contributed by atoms with Gasteiger partial charge in [0, 0.05) is 56.8 Å². The molecule has 0 N–H and O–H groups in total. The molecule has 1 aliphatic heterocycles. The highest BCUT2D eigenvalue weighted by Crippen LogP contribution is 2.34. The molecule has 5 rings (SSSR count). The molecule has 0 unspecified atom stereocenters. The minimum absolute atomic E-state index is 0.0159. The number of aryl methyl sites for hydroxylation is 2. The summed E-state index contributed by atoms with van der Waals surface area (Å²) in [5, 5.41) is 0. The van der Waals surface area contributed by atoms with Crippen molar-refractivity contribution in [1.29, 1.82) is 0 Å². The topological polar surface area (TPSA) is 86.4 Å². The van der Waals surface area contributed by atoms with Crippen molar-refractivity contribution in [3.05, 3.63) is 69.5 Å². The van der Waals surface area contributed by atoms with E-state index in [2.05, 4.69) is 9.55 Å². The maximum absolute atomic E-state index is 13.6. The average molecular weight is 447 g/mol. The molecule has 0 fully saturated rings. The van der Waals surface area contributed by atoms with Crippen LogP contribution in [0.5, 0.6) is 0 Å². The fourth-order valence-corrected chi connectivity index (χ4v) is 4.89. The van der Waals surface area contributed by atoms with Gasteiger partial charge < -0.3 is 13.9 Å². The number of hydrogen-bond acceptors (Lipinski definition) is 5. The molecule has 1 aliphatic carbocycles. The Kier molecular flexibility index (Phi) is 5.36. The summed E-state index contributed by atoms with van der Waals surface area (Å²) >= 11 is 0. The van der Waals surface area contributed by atoms with Crippen LogP contribution in [0.15, 0.2) is 41.5 Å². The Morgan fingerprint density at radius 2 is 1.94 bits per heavy atom. The molecule has 2 aliphatic rings. The molecular weight excluding hydrogens is 420 g/mol. The van der Waals surface area contributed by atoms with E-state index in [0.717, 1.165) is 36.8 Å². The van der Waals surface area contributed by atoms with Gasteiger partial charge in [-0.2, -0.15) is 0 Å². The van der Waals surface area contributed by atoms with Crippen LogP contribution in [-0.2, 0) is 42.6 Å². The lowest BCUT2D eigenvalue weighted by Gasteiger charge is -2.30. The van der Waals surface area contributed by atoms with Gasteiger partial charge in [-0.1, -0.05) is 0 Å². The summed E-state index contributed by atoms with van der Waals surface area (Å²) in [7, 11) is 1.68. The number of carbonyl (C=O) groups is 2. The van der Waals surface area contributed by atoms with Gasteiger partial charge in [0.05, 0.1) is 0 Å². The Bertz CT molecular complexity index is 1320. The number of aromatic nitrogens is 3. The minimum atomic E-state index is -0.414. The number of fused-ring (bicyclic) bond motifs is 3. The first-order chi connectivity index (χ1) is 15.9. The maximum Gasteiger partial charge on any atom is 0.302 e. The van der Waals surface area contributed by atoms with Crippen LogP contribution in [0.3, 0.4) is 0 Å². The summed E-state index contributed by atoms with van der Waals surface area (Å²) in [5.41, 5.74) is 5.33. The van der Waals surface area contributed by atoms with Crippen LogP contribution >= 0.6 is 0 Å². The van der Waals surface area contributed by atoms with Crippen LogP contribution < -0.4 is 10.5 Å². The first kappa shape index (κ1) is 21.2. The number of nitrogens with zero attached hydrogens (tertiary/aromatic N) is 4. The second-order valence-electron chi connectivity index (χ2n) is 8.62. The largest absolute Gasteiger partial charge is 0.461 e. The van der Waals surface area contributed by atoms with Crippen molar-refractivity contribution in [1.82, 2.24) is 14.1 Å². The average Bonchev–Trinajstić information content (AvgIpc) is 3.19. The zero-order chi connectivity index (χ0) is 23.1. The zero-order valence-electron chi connectivity index (χ0n) is 18.8. The molecule has 8 nitrogen and oxygen atoms in total. The normalized spacial score (nSPS) is 15.2. The molecular formula is C25H26N4O4. The molecule has 3 aromatic rings. The van der Waals surface area contributed by atoms with Gasteiger partial charge >= 0.3 is 5.97 Å². The monoisotopic (exact) mass is 446 g/mol. The van der Waals surface area contributed by atoms with E-state index in [-0.39, 0.29) is 18.1 Å². The van der Waals surface area contributed by atoms with E-state index in [1.807, 2.05) is 12.1 Å². The minimum Gasteiger partial charge on any atom is -0.461 e. The van der Waals surface area contributed by atoms with Gasteiger partial charge in [-0.15, -0.1) is 0 Å². The van der Waals surface area contributed by atoms with Crippen molar-refractivity contribution >= 4 is 17.7 Å². The number of carbonyl (C=O) groups excluding carboxylic acids is 2. The summed E-state index contributed by atoms with van der Waals surface area (Å²) in [6, 6.07) is 7.08. The van der Waals surface area contributed by atoms with Crippen LogP contribution in [0, 0.1) is 0 Å². The maximum atomic E-state index is 13.6. The lowest BCUT2D eigenvalue weighted by molar-refractivity contribution is -0.142. The number of rotatable bonds is 4. The molecule has 33 heavy (non-hydrogen) atoms. The molecule has 4 heterocycles. The number of pyridine rings is 2. The highest BCUT2D eigenvalue weighted by molar-refractivity contribution is 6.06. The SMILES string of the molecule is CC(=O)OCc1c(-c2ccc(=O)n(C)c2)ccnc1N1CCn2c(cc3c2CCCC3)C1=O. The fraction of sp³-hybridized carbons (Fsp3) is 0.360. The van der Waals surface area contributed by atoms with Crippen molar-refractivity contribution in [2.75, 3.05) is 11.4 Å². The molecule has 0 radical (unpaired) electrons. The van der Waals surface area contributed by atoms with Gasteiger partial charge in [0.1, 0.15) is 18.1 Å². The summed E-state index contributed by atoms with van der Waals surface area (Å²) in [4.78, 5) is 43.3. The van der Waals surface area contributed by atoms with E-state index < -0.39 is 5.97 Å². The van der Waals surface area contributed by atoms with Gasteiger partial charge in [0.15, 0.2) is 0 Å². The molecule has 0 aromatic carbocycles. The van der Waals surface area contributed by atoms with Gasteiger partial charge in [-0.3, -0.25) is 19.3 Å². The number of esters is 1. The van der Waals surface area contributed by atoms with Crippen LogP contribution in [0.25, 0.3) is 11.1 Å². The van der Waals surface area contributed by atoms with E-state index in [9.17, 15) is 14.4 Å². The molecule has 170 valence electrons. The molecule has 1 amide bonds. The van der Waals surface area contributed by atoms with Crippen LogP contribution in [0.4, 0.5) is 5.82 Å². The summed E-state index contributed by atoms with van der Waals surface area (Å²) in [5.74, 6) is -0.0226. The van der Waals surface area contributed by atoms with Gasteiger partial charge in [0.25, 0.3) is 5.91 Å². The Labute approximate surface area is 191 Å². The summed E-state index contributed by atoms with van der Waals surface area (Å²) in [6.45, 7) is 2.53. The molecule has 0 saturated heterocycles. The molecule has 0 saturated carbocycles. The van der Waals surface area contributed by atoms with Crippen molar-refractivity contribution in [3.63, 3.8) is 0 Å². The van der Waals surface area contributed by atoms with E-state index in [1.165, 1.54) is 28.8 Å². The second kappa shape index (κ2) is 8.35. The van der Waals surface area contributed by atoms with Gasteiger partial charge in [0.2, 0.25) is 5.56 Å². The quantitative estimate of drug-likeness (QED) is 0.575. The number of amides is 1. The van der Waals surface area contributed by atoms with Crippen LogP contribution in [0.1, 0.15) is 47.1 Å². The molecule has 0 bridgehead atoms. The highest BCUT2D eigenvalue weighted by Gasteiger charge is 2.32. The third kappa shape index (κ3) is 3.75. The Morgan fingerprint density at radius 1 is 1.12 bits per heavy atom. The van der Waals surface area contributed by atoms with Crippen molar-refractivity contribution in [3.8, 4) is 11.1 Å². The third-order valence-corrected chi connectivity index (χ3v) is 6.52. The van der Waals surface area contributed by atoms with E-state index in [1.54, 1.807) is 30.4 Å². The van der Waals surface area contributed by atoms with Crippen molar-refractivity contribution in [2.24, 2.45) is 7.05 Å². The predicted octanol–water partition coefficient (Wildman–Crippen LogP) is 2.85. The van der Waals surface area contributed by atoms with Gasteiger partial charge in [-0.05, 0) is 60.6 Å². The first-order valence-electron chi connectivity index (χ1n) is 11.3. The zero-order valence-corrected chi connectivity index (χ0v) is 18.8. The fourth-order valence-electron chi connectivity index (χ4n) is 4.89. The second-order valence-corrected chi connectivity index (χ2v) is 8.62. The number of ether oxygens (including phenoxy) is 1. The Hall–Kier alpha value is -3.68. The van der Waals surface area contributed by atoms with E-state index in [4.69, 9.17) is 4.74 Å². The molecule has 0 spiro atoms. The lowest BCUT2D eigenvalue weighted by Crippen LogP contribution is -2.41. The first-order valence-corrected chi connectivity index (χ1v) is 11.3. The lowest BCUT2D eigenvalue weighted by atomic mass is 9.98. The number of anilines is 1. The highest BCUT2D eigenvalue weighted by atomic mass is 16.5. The summed E-state index contributed by atoms with van der Waals surface area (Å²) < 4.78 is 9.01. The van der Waals surface area contributed by atoms with Crippen LogP contribution in [-0.4, -0.2) is 32.5 Å². The van der Waals surface area contributed by atoms with E-state index >= 15 is 0 Å². The molecule has 0 atom stereocenters. The molecule has 3 aromatic heterocycles. The standard InChI is InChI=1S/C25H26N4O4/c1-16(30)33-15-20-19(18-7-8-23(31)27(2)14-18)9-10-26-24(20)29-12-11-28-21-6-4-3-5-17(21)13-22(28)25(29)32/h7-10,13-14H,3-6,11-12,15H2,1-2H3. The van der Waals surface area contributed by atoms with Crippen molar-refractivity contribution < 1.29 is 14.3 Å². The van der Waals surface area contributed by atoms with Gasteiger partial charge in [-0.25, -0.2) is 4.98 Å². The van der Waals surface area contributed by atoms with Crippen LogP contribution in [0.2, 0.25) is 0 Å². The number of hydrogen-bond donors (Lipinski definition) is 0. The molecule has 8 heteroatoms. The summed E-state index contributed by atoms with van der Waals surface area (Å²) in [6.07, 6.45) is 7.73. The predicted molar refractivity (Wildman–Crippen MR) is 123 cm³/mol. The van der Waals surface area contributed by atoms with Crippen molar-refractivity contribution in [2.45, 2.75) is 45.8 Å². The Morgan fingerprint density at radius 3 is 2.73 bits per heavy atom. The Balaban J connectivity index is 1.59.